The summed E-state index contributed by atoms with van der Waals surface area (Å²) in [5, 5.41) is 3.82. The Balaban J connectivity index is 0.00000306. The Morgan fingerprint density at radius 2 is 1.70 bits per heavy atom. The second-order valence-electron chi connectivity index (χ2n) is 10.5. The van der Waals surface area contributed by atoms with Gasteiger partial charge in [0.2, 0.25) is 0 Å². The largest absolute Gasteiger partial charge is 0.376 e. The minimum Gasteiger partial charge on any atom is -0.376 e. The average Bonchev–Trinajstić information content (AvgIpc) is 2.86. The molecule has 192 valence electrons. The molecule has 1 atom stereocenters. The number of likely N-dealkylation sites (tertiary alicyclic amines) is 3. The summed E-state index contributed by atoms with van der Waals surface area (Å²) >= 11 is 0. The Hall–Kier alpha value is -0.160. The van der Waals surface area contributed by atoms with E-state index in [4.69, 9.17) is 9.47 Å². The molecule has 0 amide bonds. The van der Waals surface area contributed by atoms with E-state index in [0.29, 0.717) is 12.2 Å². The van der Waals surface area contributed by atoms with Crippen molar-refractivity contribution in [2.45, 2.75) is 82.0 Å². The standard InChI is InChI=1S/C25H47N5O2.HI/c1-26-24(29-15-9-22(10-16-29)32-20-23-8-4-7-19-31-23)27-21-25(11-17-28(2)18-12-25)30-13-5-3-6-14-30;/h22-23H,3-21H2,1-2H3,(H,26,27);1H. The molecular weight excluding hydrogens is 529 g/mol. The van der Waals surface area contributed by atoms with E-state index in [0.717, 1.165) is 58.1 Å². The van der Waals surface area contributed by atoms with Crippen molar-refractivity contribution < 1.29 is 9.47 Å². The van der Waals surface area contributed by atoms with Crippen LogP contribution >= 0.6 is 24.0 Å². The number of guanidine groups is 1. The maximum Gasteiger partial charge on any atom is 0.193 e. The van der Waals surface area contributed by atoms with Crippen molar-refractivity contribution in [1.82, 2.24) is 20.0 Å². The Morgan fingerprint density at radius 1 is 0.970 bits per heavy atom. The third-order valence-corrected chi connectivity index (χ3v) is 8.27. The monoisotopic (exact) mass is 577 g/mol. The van der Waals surface area contributed by atoms with Crippen LogP contribution in [0, 0.1) is 0 Å². The number of ether oxygens (including phenoxy) is 2. The first kappa shape index (κ1) is 27.4. The molecule has 33 heavy (non-hydrogen) atoms. The Bertz CT molecular complexity index is 579. The molecule has 8 heteroatoms. The second kappa shape index (κ2) is 13.8. The molecule has 0 bridgehead atoms. The highest BCUT2D eigenvalue weighted by Gasteiger charge is 2.40. The summed E-state index contributed by atoms with van der Waals surface area (Å²) in [4.78, 5) is 12.4. The zero-order chi connectivity index (χ0) is 22.2. The maximum atomic E-state index is 6.22. The lowest BCUT2D eigenvalue weighted by atomic mass is 9.84. The highest BCUT2D eigenvalue weighted by atomic mass is 127. The zero-order valence-corrected chi connectivity index (χ0v) is 23.4. The van der Waals surface area contributed by atoms with Gasteiger partial charge in [-0.2, -0.15) is 0 Å². The smallest absolute Gasteiger partial charge is 0.193 e. The molecule has 4 saturated heterocycles. The van der Waals surface area contributed by atoms with E-state index >= 15 is 0 Å². The van der Waals surface area contributed by atoms with E-state index in [1.165, 1.54) is 71.1 Å². The number of nitrogens with one attached hydrogen (secondary N) is 1. The van der Waals surface area contributed by atoms with Gasteiger partial charge in [0, 0.05) is 38.8 Å². The second-order valence-corrected chi connectivity index (χ2v) is 10.5. The SMILES string of the molecule is CN=C(NCC1(N2CCCCC2)CCN(C)CC1)N1CCC(OCC2CCCCO2)CC1.I. The molecule has 0 radical (unpaired) electrons. The number of halogens is 1. The highest BCUT2D eigenvalue weighted by Crippen LogP contribution is 2.31. The third-order valence-electron chi connectivity index (χ3n) is 8.27. The molecule has 1 unspecified atom stereocenters. The number of aliphatic imine (C=N–C) groups is 1. The van der Waals surface area contributed by atoms with Crippen LogP contribution in [0.1, 0.15) is 64.2 Å². The van der Waals surface area contributed by atoms with Gasteiger partial charge in [0.25, 0.3) is 0 Å². The molecule has 7 nitrogen and oxygen atoms in total. The van der Waals surface area contributed by atoms with Crippen LogP contribution in [-0.4, -0.2) is 112 Å². The van der Waals surface area contributed by atoms with Crippen LogP contribution in [0.2, 0.25) is 0 Å². The van der Waals surface area contributed by atoms with E-state index in [1.807, 2.05) is 7.05 Å². The van der Waals surface area contributed by atoms with Gasteiger partial charge in [0.15, 0.2) is 5.96 Å². The number of hydrogen-bond acceptors (Lipinski definition) is 5. The van der Waals surface area contributed by atoms with Gasteiger partial charge < -0.3 is 24.6 Å². The van der Waals surface area contributed by atoms with Crippen LogP contribution in [0.5, 0.6) is 0 Å². The Labute approximate surface area is 219 Å². The quantitative estimate of drug-likeness (QED) is 0.298. The van der Waals surface area contributed by atoms with Crippen molar-refractivity contribution >= 4 is 29.9 Å². The van der Waals surface area contributed by atoms with E-state index < -0.39 is 0 Å². The first-order valence-corrected chi connectivity index (χ1v) is 13.3. The summed E-state index contributed by atoms with van der Waals surface area (Å²) in [6, 6.07) is 0. The van der Waals surface area contributed by atoms with Gasteiger partial charge in [0.05, 0.1) is 18.8 Å². The highest BCUT2D eigenvalue weighted by molar-refractivity contribution is 14.0. The van der Waals surface area contributed by atoms with Crippen LogP contribution in [0.3, 0.4) is 0 Å². The lowest BCUT2D eigenvalue weighted by Crippen LogP contribution is -2.62. The van der Waals surface area contributed by atoms with Crippen LogP contribution in [0.15, 0.2) is 4.99 Å². The Kier molecular flexibility index (Phi) is 11.5. The van der Waals surface area contributed by atoms with Gasteiger partial charge >= 0.3 is 0 Å². The summed E-state index contributed by atoms with van der Waals surface area (Å²) in [7, 11) is 4.20. The average molecular weight is 578 g/mol. The van der Waals surface area contributed by atoms with Gasteiger partial charge in [-0.3, -0.25) is 9.89 Å². The molecule has 0 aromatic carbocycles. The number of nitrogens with zero attached hydrogens (tertiary/aromatic N) is 4. The molecule has 4 aliphatic rings. The molecule has 0 spiro atoms. The fourth-order valence-corrected chi connectivity index (χ4v) is 6.00. The molecular formula is C25H48IN5O2. The predicted octanol–water partition coefficient (Wildman–Crippen LogP) is 3.18. The topological polar surface area (TPSA) is 52.6 Å². The van der Waals surface area contributed by atoms with Gasteiger partial charge in [-0.05, 0) is 91.0 Å². The van der Waals surface area contributed by atoms with E-state index in [9.17, 15) is 0 Å². The maximum absolute atomic E-state index is 6.22. The predicted molar refractivity (Wildman–Crippen MR) is 146 cm³/mol. The number of hydrogen-bond donors (Lipinski definition) is 1. The lowest BCUT2D eigenvalue weighted by molar-refractivity contribution is -0.0721. The number of piperidine rings is 3. The summed E-state index contributed by atoms with van der Waals surface area (Å²) in [5.74, 6) is 1.08. The van der Waals surface area contributed by atoms with Crippen LogP contribution in [0.4, 0.5) is 0 Å². The summed E-state index contributed by atoms with van der Waals surface area (Å²) in [5.41, 5.74) is 0.282. The summed E-state index contributed by atoms with van der Waals surface area (Å²) in [6.07, 6.45) is 13.1. The molecule has 4 aliphatic heterocycles. The minimum atomic E-state index is 0. The first-order chi connectivity index (χ1) is 15.7. The van der Waals surface area contributed by atoms with Gasteiger partial charge in [-0.15, -0.1) is 24.0 Å². The van der Waals surface area contributed by atoms with E-state index in [2.05, 4.69) is 32.1 Å². The summed E-state index contributed by atoms with van der Waals surface area (Å²) < 4.78 is 12.1. The molecule has 0 aliphatic carbocycles. The fourth-order valence-electron chi connectivity index (χ4n) is 6.00. The summed E-state index contributed by atoms with van der Waals surface area (Å²) in [6.45, 7) is 9.66. The van der Waals surface area contributed by atoms with Gasteiger partial charge in [-0.1, -0.05) is 6.42 Å². The van der Waals surface area contributed by atoms with Gasteiger partial charge in [0.1, 0.15) is 0 Å². The van der Waals surface area contributed by atoms with Crippen molar-refractivity contribution in [3.8, 4) is 0 Å². The lowest BCUT2D eigenvalue weighted by Gasteiger charge is -2.50. The van der Waals surface area contributed by atoms with E-state index in [-0.39, 0.29) is 29.5 Å². The van der Waals surface area contributed by atoms with Crippen LogP contribution in [-0.2, 0) is 9.47 Å². The molecule has 4 fully saturated rings. The fraction of sp³-hybridized carbons (Fsp3) is 0.960. The van der Waals surface area contributed by atoms with Crippen molar-refractivity contribution in [3.63, 3.8) is 0 Å². The molecule has 0 aromatic rings. The molecule has 4 rings (SSSR count). The molecule has 0 saturated carbocycles. The van der Waals surface area contributed by atoms with Crippen molar-refractivity contribution in [2.75, 3.05) is 73.1 Å². The first-order valence-electron chi connectivity index (χ1n) is 13.3. The van der Waals surface area contributed by atoms with Gasteiger partial charge in [-0.25, -0.2) is 0 Å². The number of rotatable bonds is 6. The molecule has 1 N–H and O–H groups in total. The van der Waals surface area contributed by atoms with Crippen LogP contribution < -0.4 is 5.32 Å². The van der Waals surface area contributed by atoms with Crippen molar-refractivity contribution in [1.29, 1.82) is 0 Å². The third kappa shape index (κ3) is 7.66. The van der Waals surface area contributed by atoms with Crippen molar-refractivity contribution in [3.05, 3.63) is 0 Å². The molecule has 4 heterocycles. The molecule has 0 aromatic heterocycles. The Morgan fingerprint density at radius 3 is 2.33 bits per heavy atom. The van der Waals surface area contributed by atoms with Crippen molar-refractivity contribution in [2.24, 2.45) is 4.99 Å². The zero-order valence-electron chi connectivity index (χ0n) is 21.1. The minimum absolute atomic E-state index is 0. The van der Waals surface area contributed by atoms with E-state index in [1.54, 1.807) is 0 Å². The normalized spacial score (nSPS) is 28.4. The van der Waals surface area contributed by atoms with Crippen LogP contribution in [0.25, 0.3) is 0 Å².